The highest BCUT2D eigenvalue weighted by atomic mass is 32.2. The van der Waals surface area contributed by atoms with Crippen molar-refractivity contribution in [1.82, 2.24) is 20.1 Å². The third-order valence-electron chi connectivity index (χ3n) is 6.39. The summed E-state index contributed by atoms with van der Waals surface area (Å²) < 4.78 is 38.7. The summed E-state index contributed by atoms with van der Waals surface area (Å²) in [6, 6.07) is 6.86. The SMILES string of the molecule is CCOC(=O)ON1CC(OCC(=O)NCC(NS(=O)(=O)c2c(C)cc(C)cc2C)C(=O)O)CC1CNc1ccccn1. The third kappa shape index (κ3) is 9.37. The van der Waals surface area contributed by atoms with Crippen molar-refractivity contribution in [2.45, 2.75) is 57.2 Å². The minimum absolute atomic E-state index is 0.00285. The fraction of sp³-hybridized carbons (Fsp3) is 0.481. The van der Waals surface area contributed by atoms with Gasteiger partial charge in [0, 0.05) is 19.3 Å². The molecule has 3 rings (SSSR count). The molecule has 1 amide bonds. The van der Waals surface area contributed by atoms with Crippen LogP contribution >= 0.6 is 0 Å². The molecule has 0 radical (unpaired) electrons. The number of nitrogens with one attached hydrogen (secondary N) is 3. The first kappa shape index (κ1) is 32.7. The van der Waals surface area contributed by atoms with Gasteiger partial charge in [0.25, 0.3) is 0 Å². The van der Waals surface area contributed by atoms with E-state index >= 15 is 0 Å². The number of anilines is 1. The predicted octanol–water partition coefficient (Wildman–Crippen LogP) is 1.51. The van der Waals surface area contributed by atoms with Gasteiger partial charge in [-0.1, -0.05) is 23.8 Å². The fourth-order valence-electron chi connectivity index (χ4n) is 4.67. The standard InChI is InChI=1S/C27H37N5O9S/c1-5-39-27(36)41-32-15-21(12-20(32)13-29-23-8-6-7-9-28-23)40-16-24(33)30-14-22(26(34)35)31-42(37,38)25-18(3)10-17(2)11-19(25)4/h6-11,20-22,31H,5,12-16H2,1-4H3,(H,28,29)(H,30,33)(H,34,35). The van der Waals surface area contributed by atoms with E-state index in [2.05, 4.69) is 20.3 Å². The molecule has 4 N–H and O–H groups in total. The number of pyridine rings is 1. The quantitative estimate of drug-likeness (QED) is 0.227. The number of amides is 1. The summed E-state index contributed by atoms with van der Waals surface area (Å²) in [5.41, 5.74) is 1.83. The molecule has 3 unspecified atom stereocenters. The lowest BCUT2D eigenvalue weighted by molar-refractivity contribution is -0.142. The number of sulfonamides is 1. The molecular formula is C27H37N5O9S. The molecule has 0 saturated carbocycles. The van der Waals surface area contributed by atoms with Crippen LogP contribution < -0.4 is 15.4 Å². The first-order valence-corrected chi connectivity index (χ1v) is 14.9. The van der Waals surface area contributed by atoms with E-state index in [0.717, 1.165) is 5.56 Å². The van der Waals surface area contributed by atoms with Crippen molar-refractivity contribution in [3.8, 4) is 0 Å². The number of ether oxygens (including phenoxy) is 2. The van der Waals surface area contributed by atoms with Crippen LogP contribution in [0.15, 0.2) is 41.4 Å². The number of rotatable bonds is 14. The second-order valence-corrected chi connectivity index (χ2v) is 11.5. The summed E-state index contributed by atoms with van der Waals surface area (Å²) in [5, 5.41) is 16.6. The summed E-state index contributed by atoms with van der Waals surface area (Å²) in [6.45, 7) is 6.48. The van der Waals surface area contributed by atoms with Gasteiger partial charge in [0.05, 0.1) is 30.2 Å². The first-order valence-electron chi connectivity index (χ1n) is 13.4. The molecule has 1 aliphatic heterocycles. The van der Waals surface area contributed by atoms with Crippen molar-refractivity contribution in [2.75, 3.05) is 38.2 Å². The van der Waals surface area contributed by atoms with E-state index in [1.807, 2.05) is 13.0 Å². The number of carboxylic acids is 1. The molecule has 0 bridgehead atoms. The zero-order valence-electron chi connectivity index (χ0n) is 24.0. The van der Waals surface area contributed by atoms with Crippen LogP contribution in [0.5, 0.6) is 0 Å². The smallest absolute Gasteiger partial charge is 0.480 e. The molecule has 42 heavy (non-hydrogen) atoms. The average molecular weight is 608 g/mol. The monoisotopic (exact) mass is 607 g/mol. The van der Waals surface area contributed by atoms with E-state index in [1.165, 1.54) is 5.06 Å². The van der Waals surface area contributed by atoms with Crippen molar-refractivity contribution in [1.29, 1.82) is 0 Å². The minimum atomic E-state index is -4.19. The molecule has 2 heterocycles. The van der Waals surface area contributed by atoms with Crippen LogP contribution in [0.2, 0.25) is 0 Å². The summed E-state index contributed by atoms with van der Waals surface area (Å²) in [7, 11) is -4.19. The van der Waals surface area contributed by atoms with Gasteiger partial charge in [-0.2, -0.15) is 4.72 Å². The van der Waals surface area contributed by atoms with Gasteiger partial charge in [-0.15, -0.1) is 5.06 Å². The second-order valence-electron chi connectivity index (χ2n) is 9.84. The Kier molecular flexibility index (Phi) is 11.6. The van der Waals surface area contributed by atoms with Gasteiger partial charge >= 0.3 is 12.1 Å². The van der Waals surface area contributed by atoms with Crippen LogP contribution in [0, 0.1) is 20.8 Å². The van der Waals surface area contributed by atoms with Crippen LogP contribution in [-0.4, -0.2) is 92.6 Å². The highest BCUT2D eigenvalue weighted by Crippen LogP contribution is 2.23. The Morgan fingerprint density at radius 1 is 1.17 bits per heavy atom. The molecule has 2 aromatic rings. The average Bonchev–Trinajstić information content (AvgIpc) is 3.29. The molecule has 15 heteroatoms. The normalized spacial score (nSPS) is 17.8. The van der Waals surface area contributed by atoms with E-state index in [4.69, 9.17) is 14.3 Å². The maximum Gasteiger partial charge on any atom is 0.527 e. The lowest BCUT2D eigenvalue weighted by Gasteiger charge is -2.22. The second kappa shape index (κ2) is 14.9. The van der Waals surface area contributed by atoms with E-state index in [1.54, 1.807) is 51.2 Å². The Morgan fingerprint density at radius 3 is 2.50 bits per heavy atom. The van der Waals surface area contributed by atoms with Crippen LogP contribution in [-0.2, 0) is 33.9 Å². The maximum absolute atomic E-state index is 13.0. The lowest BCUT2D eigenvalue weighted by Crippen LogP contribution is -2.49. The molecule has 1 fully saturated rings. The van der Waals surface area contributed by atoms with Crippen LogP contribution in [0.4, 0.5) is 10.6 Å². The molecule has 3 atom stereocenters. The van der Waals surface area contributed by atoms with Crippen molar-refractivity contribution in [3.63, 3.8) is 0 Å². The third-order valence-corrected chi connectivity index (χ3v) is 8.16. The highest BCUT2D eigenvalue weighted by Gasteiger charge is 2.36. The van der Waals surface area contributed by atoms with E-state index < -0.39 is 53.4 Å². The Morgan fingerprint density at radius 2 is 1.88 bits per heavy atom. The number of carbonyl (C=O) groups is 3. The number of hydrogen-bond donors (Lipinski definition) is 4. The van der Waals surface area contributed by atoms with Gasteiger partial charge < -0.3 is 30.1 Å². The zero-order chi connectivity index (χ0) is 30.9. The first-order chi connectivity index (χ1) is 19.9. The Hall–Kier alpha value is -3.79. The van der Waals surface area contributed by atoms with Crippen molar-refractivity contribution in [2.24, 2.45) is 0 Å². The molecule has 1 aromatic carbocycles. The number of benzene rings is 1. The summed E-state index contributed by atoms with van der Waals surface area (Å²) in [5.74, 6) is -1.46. The Labute approximate surface area is 244 Å². The number of aliphatic carboxylic acids is 1. The molecule has 230 valence electrons. The fourth-order valence-corrected chi connectivity index (χ4v) is 6.31. The number of aryl methyl sites for hydroxylation is 3. The van der Waals surface area contributed by atoms with Crippen molar-refractivity contribution in [3.05, 3.63) is 53.2 Å². The Balaban J connectivity index is 1.55. The van der Waals surface area contributed by atoms with Crippen LogP contribution in [0.3, 0.4) is 0 Å². The van der Waals surface area contributed by atoms with Gasteiger partial charge in [0.2, 0.25) is 15.9 Å². The largest absolute Gasteiger partial charge is 0.527 e. The number of hydroxylamine groups is 2. The highest BCUT2D eigenvalue weighted by molar-refractivity contribution is 7.89. The summed E-state index contributed by atoms with van der Waals surface area (Å²) >= 11 is 0. The summed E-state index contributed by atoms with van der Waals surface area (Å²) in [4.78, 5) is 45.7. The van der Waals surface area contributed by atoms with Crippen molar-refractivity contribution >= 4 is 33.9 Å². The number of carboxylic acid groups (broad SMARTS) is 1. The van der Waals surface area contributed by atoms with Crippen LogP contribution in [0.1, 0.15) is 30.0 Å². The molecule has 14 nitrogen and oxygen atoms in total. The maximum atomic E-state index is 13.0. The number of nitrogens with zero attached hydrogens (tertiary/aromatic N) is 2. The van der Waals surface area contributed by atoms with Gasteiger partial charge in [-0.3, -0.25) is 9.59 Å². The van der Waals surface area contributed by atoms with E-state index in [0.29, 0.717) is 29.9 Å². The molecule has 0 aliphatic carbocycles. The van der Waals surface area contributed by atoms with Crippen molar-refractivity contribution < 1.29 is 42.2 Å². The topological polar surface area (TPSA) is 185 Å². The van der Waals surface area contributed by atoms with Gasteiger partial charge in [-0.05, 0) is 57.4 Å². The number of hydrogen-bond acceptors (Lipinski definition) is 11. The van der Waals surface area contributed by atoms with Gasteiger partial charge in [0.1, 0.15) is 18.5 Å². The molecule has 0 spiro atoms. The van der Waals surface area contributed by atoms with Gasteiger partial charge in [-0.25, -0.2) is 18.2 Å². The van der Waals surface area contributed by atoms with E-state index in [-0.39, 0.29) is 24.1 Å². The molecule has 1 aromatic heterocycles. The molecule has 1 aliphatic rings. The minimum Gasteiger partial charge on any atom is -0.480 e. The predicted molar refractivity (Wildman–Crippen MR) is 151 cm³/mol. The number of carbonyl (C=O) groups excluding carboxylic acids is 2. The lowest BCUT2D eigenvalue weighted by atomic mass is 10.1. The number of aromatic nitrogens is 1. The molecular weight excluding hydrogens is 570 g/mol. The zero-order valence-corrected chi connectivity index (χ0v) is 24.8. The Bertz CT molecular complexity index is 1330. The molecule has 1 saturated heterocycles. The van der Waals surface area contributed by atoms with Crippen LogP contribution in [0.25, 0.3) is 0 Å². The summed E-state index contributed by atoms with van der Waals surface area (Å²) in [6.07, 6.45) is 0.678. The van der Waals surface area contributed by atoms with Gasteiger partial charge in [0.15, 0.2) is 0 Å². The van der Waals surface area contributed by atoms with E-state index in [9.17, 15) is 27.9 Å².